The van der Waals surface area contributed by atoms with Crippen LogP contribution in [-0.2, 0) is 11.2 Å². The van der Waals surface area contributed by atoms with E-state index >= 15 is 0 Å². The van der Waals surface area contributed by atoms with Gasteiger partial charge in [0.1, 0.15) is 12.1 Å². The maximum Gasteiger partial charge on any atom is 0.154 e. The minimum atomic E-state index is -0.330. The van der Waals surface area contributed by atoms with Gasteiger partial charge >= 0.3 is 0 Å². The highest BCUT2D eigenvalue weighted by atomic mass is 16.1. The summed E-state index contributed by atoms with van der Waals surface area (Å²) in [4.78, 5) is 16.1. The van der Waals surface area contributed by atoms with Gasteiger partial charge in [0.15, 0.2) is 5.78 Å². The van der Waals surface area contributed by atoms with Crippen molar-refractivity contribution in [3.8, 4) is 0 Å². The molecule has 0 aromatic heterocycles. The summed E-state index contributed by atoms with van der Waals surface area (Å²) in [7, 11) is 1.66. The number of carbonyl (C=O) groups excluding carboxylic acids is 1. The minimum absolute atomic E-state index is 0.0253. The highest BCUT2D eigenvalue weighted by molar-refractivity contribution is 5.83. The predicted molar refractivity (Wildman–Crippen MR) is 82.6 cm³/mol. The molecule has 1 aromatic carbocycles. The van der Waals surface area contributed by atoms with Crippen LogP contribution in [0.1, 0.15) is 32.3 Å². The zero-order chi connectivity index (χ0) is 14.8. The van der Waals surface area contributed by atoms with Crippen LogP contribution in [-0.4, -0.2) is 31.1 Å². The van der Waals surface area contributed by atoms with E-state index in [0.29, 0.717) is 6.42 Å². The maximum atomic E-state index is 11.7. The third-order valence-electron chi connectivity index (χ3n) is 3.03. The number of hydrogen-bond donors (Lipinski definition) is 0. The average molecular weight is 273 g/mol. The highest BCUT2D eigenvalue weighted by Gasteiger charge is 2.13. The Bertz CT molecular complexity index is 454. The molecule has 0 aliphatic carbocycles. The maximum absolute atomic E-state index is 11.7. The van der Waals surface area contributed by atoms with Gasteiger partial charge in [-0.2, -0.15) is 10.2 Å². The third kappa shape index (κ3) is 5.87. The SMILES string of the molecule is CCCC(C=N[C@@H](Cc1ccccc1)C(C)=O)N=NC. The molecule has 0 spiro atoms. The topological polar surface area (TPSA) is 54.1 Å². The second-order valence-electron chi connectivity index (χ2n) is 4.79. The van der Waals surface area contributed by atoms with Crippen molar-refractivity contribution in [3.05, 3.63) is 35.9 Å². The number of aliphatic imine (C=N–C) groups is 1. The summed E-state index contributed by atoms with van der Waals surface area (Å²) in [6.45, 7) is 3.68. The molecule has 0 aliphatic heterocycles. The van der Waals surface area contributed by atoms with Gasteiger partial charge in [-0.25, -0.2) is 0 Å². The van der Waals surface area contributed by atoms with E-state index in [-0.39, 0.29) is 17.9 Å². The van der Waals surface area contributed by atoms with Crippen LogP contribution in [0.15, 0.2) is 45.6 Å². The molecule has 4 nitrogen and oxygen atoms in total. The first-order valence-electron chi connectivity index (χ1n) is 7.04. The van der Waals surface area contributed by atoms with Crippen LogP contribution in [0.5, 0.6) is 0 Å². The van der Waals surface area contributed by atoms with Gasteiger partial charge in [-0.05, 0) is 18.9 Å². The number of Topliss-reactive ketones (excluding diaryl/α,β-unsaturated/α-hetero) is 1. The summed E-state index contributed by atoms with van der Waals surface area (Å²) in [6, 6.07) is 9.59. The Balaban J connectivity index is 2.73. The van der Waals surface area contributed by atoms with Gasteiger partial charge in [0.2, 0.25) is 0 Å². The largest absolute Gasteiger partial charge is 0.298 e. The lowest BCUT2D eigenvalue weighted by molar-refractivity contribution is -0.118. The molecule has 0 saturated heterocycles. The van der Waals surface area contributed by atoms with Gasteiger partial charge < -0.3 is 0 Å². The summed E-state index contributed by atoms with van der Waals surface area (Å²) in [6.07, 6.45) is 4.32. The molecule has 0 saturated carbocycles. The molecule has 2 atom stereocenters. The van der Waals surface area contributed by atoms with Crippen LogP contribution in [0.25, 0.3) is 0 Å². The van der Waals surface area contributed by atoms with Gasteiger partial charge in [-0.3, -0.25) is 9.79 Å². The Kier molecular flexibility index (Phi) is 7.40. The van der Waals surface area contributed by atoms with Crippen molar-refractivity contribution in [2.75, 3.05) is 7.05 Å². The first-order valence-corrected chi connectivity index (χ1v) is 7.04. The summed E-state index contributed by atoms with van der Waals surface area (Å²) in [5, 5.41) is 7.93. The second-order valence-corrected chi connectivity index (χ2v) is 4.79. The standard InChI is InChI=1S/C16H23N3O/c1-4-8-15(19-17-3)12-18-16(13(2)20)11-14-9-6-5-7-10-14/h5-7,9-10,12,15-16H,4,8,11H2,1-3H3/t15?,16-/m0/s1. The number of hydrogen-bond acceptors (Lipinski definition) is 4. The summed E-state index contributed by atoms with van der Waals surface area (Å²) in [5.41, 5.74) is 1.12. The number of nitrogens with zero attached hydrogens (tertiary/aromatic N) is 3. The van der Waals surface area contributed by atoms with Crippen LogP contribution < -0.4 is 0 Å². The molecule has 20 heavy (non-hydrogen) atoms. The quantitative estimate of drug-likeness (QED) is 0.528. The molecule has 0 heterocycles. The van der Waals surface area contributed by atoms with Gasteiger partial charge in [0.25, 0.3) is 0 Å². The van der Waals surface area contributed by atoms with Crippen molar-refractivity contribution >= 4 is 12.0 Å². The molecule has 1 rings (SSSR count). The molecule has 108 valence electrons. The Labute approximate surface area is 121 Å². The van der Waals surface area contributed by atoms with E-state index in [1.165, 1.54) is 0 Å². The second kappa shape index (κ2) is 9.13. The van der Waals surface area contributed by atoms with Crippen LogP contribution in [0, 0.1) is 0 Å². The molecule has 0 fully saturated rings. The van der Waals surface area contributed by atoms with E-state index in [0.717, 1.165) is 18.4 Å². The Morgan fingerprint density at radius 2 is 2.00 bits per heavy atom. The van der Waals surface area contributed by atoms with Gasteiger partial charge in [0.05, 0.1) is 0 Å². The van der Waals surface area contributed by atoms with Crippen LogP contribution >= 0.6 is 0 Å². The average Bonchev–Trinajstić information content (AvgIpc) is 2.44. The van der Waals surface area contributed by atoms with Gasteiger partial charge in [-0.15, -0.1) is 0 Å². The van der Waals surface area contributed by atoms with Crippen LogP contribution in [0.2, 0.25) is 0 Å². The normalized spacial score (nSPS) is 14.8. The Morgan fingerprint density at radius 1 is 1.30 bits per heavy atom. The molecule has 0 radical (unpaired) electrons. The van der Waals surface area contributed by atoms with Crippen molar-refractivity contribution in [2.45, 2.75) is 45.2 Å². The Hall–Kier alpha value is -1.84. The van der Waals surface area contributed by atoms with E-state index in [2.05, 4.69) is 22.1 Å². The fraction of sp³-hybridized carbons (Fsp3) is 0.500. The molecular formula is C16H23N3O. The Morgan fingerprint density at radius 3 is 2.55 bits per heavy atom. The van der Waals surface area contributed by atoms with Crippen molar-refractivity contribution < 1.29 is 4.79 Å². The minimum Gasteiger partial charge on any atom is -0.298 e. The van der Waals surface area contributed by atoms with E-state index in [1.54, 1.807) is 20.2 Å². The number of benzene rings is 1. The zero-order valence-electron chi connectivity index (χ0n) is 12.5. The first-order chi connectivity index (χ1) is 9.67. The molecule has 4 heteroatoms. The van der Waals surface area contributed by atoms with E-state index < -0.39 is 0 Å². The molecule has 1 aromatic rings. The first kappa shape index (κ1) is 16.2. The fourth-order valence-electron chi connectivity index (χ4n) is 1.95. The molecule has 0 aliphatic rings. The number of ketones is 1. The molecule has 0 bridgehead atoms. The number of carbonyl (C=O) groups is 1. The van der Waals surface area contributed by atoms with Crippen molar-refractivity contribution in [1.29, 1.82) is 0 Å². The lowest BCUT2D eigenvalue weighted by Crippen LogP contribution is -2.20. The fourth-order valence-corrected chi connectivity index (χ4v) is 1.95. The van der Waals surface area contributed by atoms with Crippen molar-refractivity contribution in [1.82, 2.24) is 0 Å². The molecule has 1 unspecified atom stereocenters. The van der Waals surface area contributed by atoms with E-state index in [1.807, 2.05) is 30.3 Å². The van der Waals surface area contributed by atoms with Crippen molar-refractivity contribution in [2.24, 2.45) is 15.2 Å². The summed E-state index contributed by atoms with van der Waals surface area (Å²) >= 11 is 0. The van der Waals surface area contributed by atoms with E-state index in [4.69, 9.17) is 0 Å². The lowest BCUT2D eigenvalue weighted by Gasteiger charge is -2.10. The molecule has 0 N–H and O–H groups in total. The van der Waals surface area contributed by atoms with E-state index in [9.17, 15) is 4.79 Å². The number of rotatable bonds is 8. The third-order valence-corrected chi connectivity index (χ3v) is 3.03. The molecule has 0 amide bonds. The predicted octanol–water partition coefficient (Wildman–Crippen LogP) is 3.51. The molecular weight excluding hydrogens is 250 g/mol. The smallest absolute Gasteiger partial charge is 0.154 e. The highest BCUT2D eigenvalue weighted by Crippen LogP contribution is 2.08. The van der Waals surface area contributed by atoms with Crippen LogP contribution in [0.4, 0.5) is 0 Å². The van der Waals surface area contributed by atoms with Crippen LogP contribution in [0.3, 0.4) is 0 Å². The lowest BCUT2D eigenvalue weighted by atomic mass is 10.0. The summed E-state index contributed by atoms with van der Waals surface area (Å²) < 4.78 is 0. The van der Waals surface area contributed by atoms with Crippen molar-refractivity contribution in [3.63, 3.8) is 0 Å². The number of azo groups is 1. The monoisotopic (exact) mass is 273 g/mol. The van der Waals surface area contributed by atoms with Gasteiger partial charge in [0, 0.05) is 19.7 Å². The summed E-state index contributed by atoms with van der Waals surface area (Å²) in [5.74, 6) is 0.0776. The zero-order valence-corrected chi connectivity index (χ0v) is 12.5. The van der Waals surface area contributed by atoms with Gasteiger partial charge in [-0.1, -0.05) is 43.7 Å².